The molecular formula is C19H20N3+. The van der Waals surface area contributed by atoms with Crippen LogP contribution in [0.5, 0.6) is 0 Å². The van der Waals surface area contributed by atoms with Crippen molar-refractivity contribution >= 4 is 0 Å². The summed E-state index contributed by atoms with van der Waals surface area (Å²) in [6.07, 6.45) is 2.19. The Morgan fingerprint density at radius 3 is 2.64 bits per heavy atom. The second kappa shape index (κ2) is 5.09. The zero-order chi connectivity index (χ0) is 15.1. The number of fused-ring (bicyclic) bond motifs is 3. The largest absolute Gasteiger partial charge is 0.251 e. The minimum Gasteiger partial charge on any atom is -0.251 e. The highest BCUT2D eigenvalue weighted by Gasteiger charge is 2.34. The second-order valence-corrected chi connectivity index (χ2v) is 6.27. The Labute approximate surface area is 130 Å². The van der Waals surface area contributed by atoms with E-state index in [4.69, 9.17) is 5.10 Å². The molecule has 0 bridgehead atoms. The minimum atomic E-state index is 0.451. The SMILES string of the molecule is CC(C)C1Cn2nc(-c3ccccc3)cc2-c2cccc[n+]21. The lowest BCUT2D eigenvalue weighted by Gasteiger charge is -2.23. The third kappa shape index (κ3) is 2.05. The van der Waals surface area contributed by atoms with Crippen molar-refractivity contribution in [2.24, 2.45) is 5.92 Å². The molecule has 22 heavy (non-hydrogen) atoms. The third-order valence-electron chi connectivity index (χ3n) is 4.49. The first-order valence-electron chi connectivity index (χ1n) is 7.88. The summed E-state index contributed by atoms with van der Waals surface area (Å²) < 4.78 is 4.57. The van der Waals surface area contributed by atoms with E-state index in [0.717, 1.165) is 12.2 Å². The van der Waals surface area contributed by atoms with Gasteiger partial charge in [-0.2, -0.15) is 9.67 Å². The van der Waals surface area contributed by atoms with E-state index in [1.54, 1.807) is 0 Å². The molecule has 0 aliphatic carbocycles. The van der Waals surface area contributed by atoms with Crippen molar-refractivity contribution in [2.75, 3.05) is 0 Å². The lowest BCUT2D eigenvalue weighted by molar-refractivity contribution is -0.724. The predicted octanol–water partition coefficient (Wildman–Crippen LogP) is 3.72. The van der Waals surface area contributed by atoms with Gasteiger partial charge in [0.05, 0.1) is 5.69 Å². The molecule has 4 rings (SSSR count). The van der Waals surface area contributed by atoms with Gasteiger partial charge in [0, 0.05) is 23.6 Å². The maximum absolute atomic E-state index is 4.86. The summed E-state index contributed by atoms with van der Waals surface area (Å²) in [7, 11) is 0. The van der Waals surface area contributed by atoms with Crippen LogP contribution in [-0.4, -0.2) is 9.78 Å². The van der Waals surface area contributed by atoms with E-state index in [1.165, 1.54) is 17.0 Å². The summed E-state index contributed by atoms with van der Waals surface area (Å²) >= 11 is 0. The van der Waals surface area contributed by atoms with Crippen molar-refractivity contribution in [3.05, 3.63) is 60.8 Å². The Bertz CT molecular complexity index is 803. The summed E-state index contributed by atoms with van der Waals surface area (Å²) in [4.78, 5) is 0. The van der Waals surface area contributed by atoms with Crippen LogP contribution < -0.4 is 4.57 Å². The molecule has 0 radical (unpaired) electrons. The normalized spacial score (nSPS) is 16.4. The average Bonchev–Trinajstić information content (AvgIpc) is 2.99. The van der Waals surface area contributed by atoms with E-state index in [0.29, 0.717) is 12.0 Å². The van der Waals surface area contributed by atoms with Crippen LogP contribution in [-0.2, 0) is 6.54 Å². The number of hydrogen-bond acceptors (Lipinski definition) is 1. The maximum atomic E-state index is 4.86. The fraction of sp³-hybridized carbons (Fsp3) is 0.263. The highest BCUT2D eigenvalue weighted by molar-refractivity contribution is 5.66. The molecule has 1 unspecified atom stereocenters. The number of aromatic nitrogens is 3. The zero-order valence-electron chi connectivity index (χ0n) is 13.0. The number of pyridine rings is 1. The molecule has 3 heteroatoms. The first kappa shape index (κ1) is 13.3. The summed E-state index contributed by atoms with van der Waals surface area (Å²) in [6, 6.07) is 19.5. The molecule has 0 amide bonds. The van der Waals surface area contributed by atoms with E-state index in [-0.39, 0.29) is 0 Å². The molecule has 3 aromatic rings. The Morgan fingerprint density at radius 2 is 1.86 bits per heavy atom. The van der Waals surface area contributed by atoms with Crippen molar-refractivity contribution in [2.45, 2.75) is 26.4 Å². The van der Waals surface area contributed by atoms with Crippen LogP contribution in [0.2, 0.25) is 0 Å². The molecule has 1 atom stereocenters. The van der Waals surface area contributed by atoms with Gasteiger partial charge in [-0.3, -0.25) is 4.68 Å². The van der Waals surface area contributed by atoms with Gasteiger partial charge in [0.2, 0.25) is 5.69 Å². The predicted molar refractivity (Wildman–Crippen MR) is 87.2 cm³/mol. The molecule has 2 aromatic heterocycles. The lowest BCUT2D eigenvalue weighted by atomic mass is 10.0. The minimum absolute atomic E-state index is 0.451. The number of rotatable bonds is 2. The first-order valence-corrected chi connectivity index (χ1v) is 7.88. The summed E-state index contributed by atoms with van der Waals surface area (Å²) in [6.45, 7) is 5.49. The van der Waals surface area contributed by atoms with Gasteiger partial charge in [0.1, 0.15) is 12.2 Å². The number of nitrogens with zero attached hydrogens (tertiary/aromatic N) is 3. The van der Waals surface area contributed by atoms with Crippen molar-refractivity contribution in [3.63, 3.8) is 0 Å². The summed E-state index contributed by atoms with van der Waals surface area (Å²) in [5, 5.41) is 4.86. The van der Waals surface area contributed by atoms with Crippen LogP contribution in [0.4, 0.5) is 0 Å². The molecule has 3 nitrogen and oxygen atoms in total. The van der Waals surface area contributed by atoms with Gasteiger partial charge in [0.15, 0.2) is 12.2 Å². The van der Waals surface area contributed by atoms with Crippen LogP contribution >= 0.6 is 0 Å². The fourth-order valence-corrected chi connectivity index (χ4v) is 3.27. The highest BCUT2D eigenvalue weighted by atomic mass is 15.3. The highest BCUT2D eigenvalue weighted by Crippen LogP contribution is 2.30. The van der Waals surface area contributed by atoms with Crippen LogP contribution in [0.25, 0.3) is 22.6 Å². The number of hydrogen-bond donors (Lipinski definition) is 0. The quantitative estimate of drug-likeness (QED) is 0.659. The average molecular weight is 290 g/mol. The molecule has 110 valence electrons. The Balaban J connectivity index is 1.87. The monoisotopic (exact) mass is 290 g/mol. The lowest BCUT2D eigenvalue weighted by Crippen LogP contribution is -2.49. The fourth-order valence-electron chi connectivity index (χ4n) is 3.27. The summed E-state index contributed by atoms with van der Waals surface area (Å²) in [5.41, 5.74) is 4.68. The van der Waals surface area contributed by atoms with Gasteiger partial charge in [0.25, 0.3) is 0 Å². The number of benzene rings is 1. The molecule has 0 fully saturated rings. The smallest absolute Gasteiger partial charge is 0.231 e. The third-order valence-corrected chi connectivity index (χ3v) is 4.49. The van der Waals surface area contributed by atoms with Gasteiger partial charge in [-0.15, -0.1) is 0 Å². The topological polar surface area (TPSA) is 21.7 Å². The molecule has 0 N–H and O–H groups in total. The van der Waals surface area contributed by atoms with Crippen LogP contribution in [0.3, 0.4) is 0 Å². The van der Waals surface area contributed by atoms with Gasteiger partial charge < -0.3 is 0 Å². The van der Waals surface area contributed by atoms with E-state index >= 15 is 0 Å². The van der Waals surface area contributed by atoms with Gasteiger partial charge in [-0.25, -0.2) is 0 Å². The zero-order valence-corrected chi connectivity index (χ0v) is 13.0. The van der Waals surface area contributed by atoms with Gasteiger partial charge in [-0.05, 0) is 12.1 Å². The Hall–Kier alpha value is -2.42. The second-order valence-electron chi connectivity index (χ2n) is 6.27. The van der Waals surface area contributed by atoms with Gasteiger partial charge >= 0.3 is 0 Å². The van der Waals surface area contributed by atoms with Crippen molar-refractivity contribution < 1.29 is 4.57 Å². The van der Waals surface area contributed by atoms with Crippen LogP contribution in [0.1, 0.15) is 19.9 Å². The molecule has 0 saturated carbocycles. The van der Waals surface area contributed by atoms with Crippen molar-refractivity contribution in [1.82, 2.24) is 9.78 Å². The van der Waals surface area contributed by atoms with Crippen LogP contribution in [0.15, 0.2) is 60.8 Å². The molecule has 1 aliphatic rings. The van der Waals surface area contributed by atoms with Crippen LogP contribution in [0, 0.1) is 5.92 Å². The van der Waals surface area contributed by atoms with E-state index in [9.17, 15) is 0 Å². The Morgan fingerprint density at radius 1 is 1.09 bits per heavy atom. The van der Waals surface area contributed by atoms with E-state index in [1.807, 2.05) is 6.07 Å². The maximum Gasteiger partial charge on any atom is 0.231 e. The summed E-state index contributed by atoms with van der Waals surface area (Å²) in [5.74, 6) is 0.573. The van der Waals surface area contributed by atoms with Crippen molar-refractivity contribution in [1.29, 1.82) is 0 Å². The van der Waals surface area contributed by atoms with Gasteiger partial charge in [-0.1, -0.05) is 44.2 Å². The molecule has 0 saturated heterocycles. The molecule has 1 aliphatic heterocycles. The molecule has 0 spiro atoms. The Kier molecular flexibility index (Phi) is 3.07. The van der Waals surface area contributed by atoms with E-state index in [2.05, 4.69) is 77.8 Å². The first-order chi connectivity index (χ1) is 10.7. The van der Waals surface area contributed by atoms with E-state index < -0.39 is 0 Å². The standard InChI is InChI=1S/C19H20N3/c1-14(2)19-13-22-18(17-10-6-7-11-21(17)19)12-16(20-22)15-8-4-3-5-9-15/h3-12,14,19H,13H2,1-2H3/q+1. The molecule has 1 aromatic carbocycles. The van der Waals surface area contributed by atoms with Crippen molar-refractivity contribution in [3.8, 4) is 22.6 Å². The molecule has 3 heterocycles. The molecular weight excluding hydrogens is 270 g/mol.